The smallest absolute Gasteiger partial charge is 0.227 e. The summed E-state index contributed by atoms with van der Waals surface area (Å²) in [4.78, 5) is 21.1. The van der Waals surface area contributed by atoms with Crippen LogP contribution in [0, 0.1) is 17.8 Å². The minimum absolute atomic E-state index is 0.0692. The summed E-state index contributed by atoms with van der Waals surface area (Å²) in [6.07, 6.45) is 10.2. The molecule has 6 nitrogen and oxygen atoms in total. The van der Waals surface area contributed by atoms with Gasteiger partial charge in [-0.1, -0.05) is 11.2 Å². The van der Waals surface area contributed by atoms with Crippen molar-refractivity contribution >= 4 is 5.91 Å². The number of aromatic nitrogens is 3. The number of rotatable bonds is 5. The normalized spacial score (nSPS) is 31.9. The summed E-state index contributed by atoms with van der Waals surface area (Å²) in [5, 5.41) is 7.36. The summed E-state index contributed by atoms with van der Waals surface area (Å²) in [5.41, 5.74) is 0.750. The van der Waals surface area contributed by atoms with Gasteiger partial charge in [0, 0.05) is 24.6 Å². The van der Waals surface area contributed by atoms with Crippen molar-refractivity contribution in [1.82, 2.24) is 20.4 Å². The van der Waals surface area contributed by atoms with Crippen molar-refractivity contribution in [2.24, 2.45) is 17.8 Å². The van der Waals surface area contributed by atoms with E-state index in [-0.39, 0.29) is 11.4 Å². The summed E-state index contributed by atoms with van der Waals surface area (Å²) >= 11 is 0. The van der Waals surface area contributed by atoms with Crippen LogP contribution in [-0.4, -0.2) is 26.6 Å². The van der Waals surface area contributed by atoms with Gasteiger partial charge in [0.05, 0.1) is 0 Å². The molecule has 4 bridgehead atoms. The van der Waals surface area contributed by atoms with E-state index in [2.05, 4.69) is 20.4 Å². The zero-order valence-electron chi connectivity index (χ0n) is 14.9. The summed E-state index contributed by atoms with van der Waals surface area (Å²) in [6, 6.07) is 5.57. The third-order valence-corrected chi connectivity index (χ3v) is 6.37. The van der Waals surface area contributed by atoms with E-state index in [9.17, 15) is 4.79 Å². The fraction of sp³-hybridized carbons (Fsp3) is 0.600. The number of carbonyl (C=O) groups is 1. The molecule has 1 amide bonds. The number of aryl methyl sites for hydroxylation is 1. The maximum atomic E-state index is 12.6. The van der Waals surface area contributed by atoms with Crippen LogP contribution in [0.2, 0.25) is 0 Å². The Labute approximate surface area is 152 Å². The lowest BCUT2D eigenvalue weighted by Gasteiger charge is -2.56. The minimum atomic E-state index is 0.0692. The van der Waals surface area contributed by atoms with Crippen LogP contribution in [0.5, 0.6) is 0 Å². The number of nitrogens with one attached hydrogen (secondary N) is 1. The third-order valence-electron chi connectivity index (χ3n) is 6.37. The molecular formula is C20H24N4O2. The molecule has 1 N–H and O–H groups in total. The first kappa shape index (κ1) is 16.0. The molecule has 4 fully saturated rings. The first-order chi connectivity index (χ1) is 12.7. The third kappa shape index (κ3) is 3.02. The lowest BCUT2D eigenvalue weighted by Crippen LogP contribution is -2.59. The van der Waals surface area contributed by atoms with E-state index in [1.807, 2.05) is 18.2 Å². The number of hydrogen-bond donors (Lipinski definition) is 1. The number of amides is 1. The van der Waals surface area contributed by atoms with Gasteiger partial charge in [-0.05, 0) is 68.4 Å². The highest BCUT2D eigenvalue weighted by molar-refractivity contribution is 5.77. The monoisotopic (exact) mass is 352 g/mol. The van der Waals surface area contributed by atoms with Crippen LogP contribution in [0.3, 0.4) is 0 Å². The average molecular weight is 352 g/mol. The standard InChI is InChI=1S/C20H24N4O2/c25-17(23-20-10-13-7-14(11-20)9-15(8-13)12-20)4-5-18-22-19(24-26-18)16-3-1-2-6-21-16/h1-3,6,13-15H,4-5,7-12H2,(H,23,25). The number of nitrogens with zero attached hydrogens (tertiary/aromatic N) is 3. The highest BCUT2D eigenvalue weighted by Crippen LogP contribution is 2.55. The summed E-state index contributed by atoms with van der Waals surface area (Å²) < 4.78 is 5.28. The van der Waals surface area contributed by atoms with Crippen LogP contribution in [0.1, 0.15) is 50.8 Å². The van der Waals surface area contributed by atoms with Crippen molar-refractivity contribution in [3.63, 3.8) is 0 Å². The van der Waals surface area contributed by atoms with Gasteiger partial charge in [0.1, 0.15) is 5.69 Å². The van der Waals surface area contributed by atoms with Gasteiger partial charge < -0.3 is 9.84 Å². The van der Waals surface area contributed by atoms with Gasteiger partial charge in [-0.3, -0.25) is 9.78 Å². The second kappa shape index (κ2) is 6.18. The zero-order chi connectivity index (χ0) is 17.6. The minimum Gasteiger partial charge on any atom is -0.351 e. The molecule has 0 unspecified atom stereocenters. The maximum absolute atomic E-state index is 12.6. The molecule has 26 heavy (non-hydrogen) atoms. The van der Waals surface area contributed by atoms with E-state index in [0.29, 0.717) is 30.3 Å². The molecule has 2 aromatic rings. The number of pyridine rings is 1. The second-order valence-corrected chi connectivity index (χ2v) is 8.47. The molecule has 0 radical (unpaired) electrons. The van der Waals surface area contributed by atoms with Crippen molar-refractivity contribution in [2.75, 3.05) is 0 Å². The number of carbonyl (C=O) groups excluding carboxylic acids is 1. The highest BCUT2D eigenvalue weighted by atomic mass is 16.5. The van der Waals surface area contributed by atoms with Gasteiger partial charge in [-0.25, -0.2) is 0 Å². The average Bonchev–Trinajstić information content (AvgIpc) is 3.08. The quantitative estimate of drug-likeness (QED) is 0.894. The van der Waals surface area contributed by atoms with Crippen molar-refractivity contribution in [3.05, 3.63) is 30.3 Å². The molecule has 0 spiro atoms. The highest BCUT2D eigenvalue weighted by Gasteiger charge is 2.51. The molecule has 2 heterocycles. The van der Waals surface area contributed by atoms with Gasteiger partial charge in [-0.2, -0.15) is 4.98 Å². The maximum Gasteiger partial charge on any atom is 0.227 e. The summed E-state index contributed by atoms with van der Waals surface area (Å²) in [6.45, 7) is 0. The molecule has 6 rings (SSSR count). The summed E-state index contributed by atoms with van der Waals surface area (Å²) in [7, 11) is 0. The molecule has 0 saturated heterocycles. The van der Waals surface area contributed by atoms with Crippen LogP contribution in [-0.2, 0) is 11.2 Å². The Kier molecular flexibility index (Phi) is 3.80. The molecule has 0 atom stereocenters. The first-order valence-electron chi connectivity index (χ1n) is 9.72. The van der Waals surface area contributed by atoms with E-state index < -0.39 is 0 Å². The zero-order valence-corrected chi connectivity index (χ0v) is 14.9. The lowest BCUT2D eigenvalue weighted by molar-refractivity contribution is -0.126. The van der Waals surface area contributed by atoms with Crippen LogP contribution >= 0.6 is 0 Å². The predicted octanol–water partition coefficient (Wildman–Crippen LogP) is 3.15. The van der Waals surface area contributed by atoms with E-state index in [1.54, 1.807) is 6.20 Å². The van der Waals surface area contributed by atoms with Crippen molar-refractivity contribution in [3.8, 4) is 11.5 Å². The molecule has 4 aliphatic carbocycles. The Morgan fingerprint density at radius 3 is 2.54 bits per heavy atom. The van der Waals surface area contributed by atoms with E-state index >= 15 is 0 Å². The second-order valence-electron chi connectivity index (χ2n) is 8.47. The number of hydrogen-bond acceptors (Lipinski definition) is 5. The van der Waals surface area contributed by atoms with Crippen LogP contribution in [0.25, 0.3) is 11.5 Å². The van der Waals surface area contributed by atoms with Crippen molar-refractivity contribution in [2.45, 2.75) is 56.9 Å². The molecule has 0 aliphatic heterocycles. The van der Waals surface area contributed by atoms with Crippen LogP contribution in [0.15, 0.2) is 28.9 Å². The Morgan fingerprint density at radius 2 is 1.88 bits per heavy atom. The Bertz CT molecular complexity index is 766. The van der Waals surface area contributed by atoms with Crippen molar-refractivity contribution in [1.29, 1.82) is 0 Å². The molecule has 0 aromatic carbocycles. The first-order valence-corrected chi connectivity index (χ1v) is 9.72. The van der Waals surface area contributed by atoms with E-state index in [1.165, 1.54) is 38.5 Å². The molecular weight excluding hydrogens is 328 g/mol. The lowest BCUT2D eigenvalue weighted by atomic mass is 9.53. The van der Waals surface area contributed by atoms with Gasteiger partial charge in [0.25, 0.3) is 0 Å². The molecule has 2 aromatic heterocycles. The largest absolute Gasteiger partial charge is 0.351 e. The SMILES string of the molecule is O=C(CCc1nc(-c2ccccn2)no1)NC12CC3CC(CC(C3)C1)C2. The van der Waals surface area contributed by atoms with Crippen molar-refractivity contribution < 1.29 is 9.32 Å². The van der Waals surface area contributed by atoms with Crippen LogP contribution < -0.4 is 5.32 Å². The van der Waals surface area contributed by atoms with Gasteiger partial charge >= 0.3 is 0 Å². The fourth-order valence-corrected chi connectivity index (χ4v) is 5.80. The topological polar surface area (TPSA) is 80.9 Å². The van der Waals surface area contributed by atoms with Gasteiger partial charge in [0.2, 0.25) is 17.6 Å². The van der Waals surface area contributed by atoms with Gasteiger partial charge in [-0.15, -0.1) is 0 Å². The molecule has 136 valence electrons. The van der Waals surface area contributed by atoms with Crippen LogP contribution in [0.4, 0.5) is 0 Å². The molecule has 4 saturated carbocycles. The molecule has 4 aliphatic rings. The Hall–Kier alpha value is -2.24. The fourth-order valence-electron chi connectivity index (χ4n) is 5.80. The molecule has 6 heteroatoms. The van der Waals surface area contributed by atoms with Gasteiger partial charge in [0.15, 0.2) is 0 Å². The van der Waals surface area contributed by atoms with E-state index in [4.69, 9.17) is 4.52 Å². The van der Waals surface area contributed by atoms with E-state index in [0.717, 1.165) is 17.8 Å². The summed E-state index contributed by atoms with van der Waals surface area (Å²) in [5.74, 6) is 3.58. The predicted molar refractivity (Wildman–Crippen MR) is 94.9 cm³/mol. The Balaban J connectivity index is 1.19. The Morgan fingerprint density at radius 1 is 1.15 bits per heavy atom.